The summed E-state index contributed by atoms with van der Waals surface area (Å²) in [5, 5.41) is 14.1. The highest BCUT2D eigenvalue weighted by atomic mass is 32.1. The number of carbonyl (C=O) groups excluding carboxylic acids is 1. The van der Waals surface area contributed by atoms with Gasteiger partial charge >= 0.3 is 5.97 Å². The summed E-state index contributed by atoms with van der Waals surface area (Å²) < 4.78 is 0. The van der Waals surface area contributed by atoms with E-state index in [2.05, 4.69) is 10.3 Å². The molecule has 0 aliphatic carbocycles. The summed E-state index contributed by atoms with van der Waals surface area (Å²) in [7, 11) is 0. The van der Waals surface area contributed by atoms with Gasteiger partial charge in [-0.1, -0.05) is 31.3 Å². The van der Waals surface area contributed by atoms with Gasteiger partial charge in [0.25, 0.3) is 0 Å². The second kappa shape index (κ2) is 6.15. The number of aromatic nitrogens is 1. The lowest BCUT2D eigenvalue weighted by atomic mass is 10.2. The van der Waals surface area contributed by atoms with Crippen LogP contribution in [0, 0.1) is 5.92 Å². The molecule has 2 heterocycles. The Hall–Kier alpha value is -1.73. The lowest BCUT2D eigenvalue weighted by Gasteiger charge is -2.03. The second-order valence-electron chi connectivity index (χ2n) is 4.50. The first-order valence-corrected chi connectivity index (χ1v) is 7.73. The van der Waals surface area contributed by atoms with Crippen molar-refractivity contribution in [3.63, 3.8) is 0 Å². The smallest absolute Gasteiger partial charge is 0.347 e. The lowest BCUT2D eigenvalue weighted by Crippen LogP contribution is -2.17. The molecule has 0 aromatic carbocycles. The summed E-state index contributed by atoms with van der Waals surface area (Å²) in [5.41, 5.74) is 0.490. The Morgan fingerprint density at radius 1 is 1.45 bits per heavy atom. The van der Waals surface area contributed by atoms with Gasteiger partial charge in [-0.2, -0.15) is 0 Å². The number of thiazole rings is 1. The molecule has 2 N–H and O–H groups in total. The van der Waals surface area contributed by atoms with Crippen LogP contribution in [0.2, 0.25) is 0 Å². The summed E-state index contributed by atoms with van der Waals surface area (Å²) >= 11 is 2.55. The summed E-state index contributed by atoms with van der Waals surface area (Å²) in [4.78, 5) is 28.3. The molecule has 1 amide bonds. The number of carboxylic acids is 1. The number of carboxylic acid groups (broad SMARTS) is 1. The van der Waals surface area contributed by atoms with E-state index in [1.54, 1.807) is 25.2 Å². The molecule has 0 radical (unpaired) electrons. The molecule has 0 unspecified atom stereocenters. The van der Waals surface area contributed by atoms with Crippen LogP contribution in [0.25, 0.3) is 0 Å². The first-order chi connectivity index (χ1) is 9.47. The third kappa shape index (κ3) is 3.43. The van der Waals surface area contributed by atoms with Crippen molar-refractivity contribution in [1.82, 2.24) is 4.98 Å². The molecule has 0 atom stereocenters. The molecule has 0 aliphatic rings. The molecule has 106 valence electrons. The Labute approximate surface area is 124 Å². The predicted molar refractivity (Wildman–Crippen MR) is 79.7 cm³/mol. The number of hydrogen-bond donors (Lipinski definition) is 2. The molecule has 20 heavy (non-hydrogen) atoms. The third-order valence-electron chi connectivity index (χ3n) is 2.57. The Bertz CT molecular complexity index is 618. The number of hydrogen-bond acceptors (Lipinski definition) is 5. The summed E-state index contributed by atoms with van der Waals surface area (Å²) in [6.45, 7) is 3.54. The number of rotatable bonds is 5. The minimum Gasteiger partial charge on any atom is -0.477 e. The molecular weight excluding hydrogens is 296 g/mol. The number of aromatic carboxylic acids is 1. The second-order valence-corrected chi connectivity index (χ2v) is 6.53. The summed E-state index contributed by atoms with van der Waals surface area (Å²) in [6.07, 6.45) is 0.466. The minimum absolute atomic E-state index is 0.168. The molecule has 0 saturated carbocycles. The zero-order valence-corrected chi connectivity index (χ0v) is 12.7. The van der Waals surface area contributed by atoms with Crippen molar-refractivity contribution < 1.29 is 14.7 Å². The number of amides is 1. The van der Waals surface area contributed by atoms with Crippen molar-refractivity contribution in [2.45, 2.75) is 20.3 Å². The Morgan fingerprint density at radius 2 is 2.20 bits per heavy atom. The van der Waals surface area contributed by atoms with Crippen LogP contribution in [0.1, 0.15) is 34.1 Å². The zero-order valence-electron chi connectivity index (χ0n) is 11.0. The van der Waals surface area contributed by atoms with Gasteiger partial charge < -0.3 is 10.4 Å². The SMILES string of the molecule is CC(C)C(=O)Nc1nc(Cc2cccs2)c(C(=O)O)s1. The number of nitrogens with one attached hydrogen (secondary N) is 1. The Morgan fingerprint density at radius 3 is 2.75 bits per heavy atom. The first-order valence-electron chi connectivity index (χ1n) is 6.03. The van der Waals surface area contributed by atoms with Gasteiger partial charge in [0.1, 0.15) is 4.88 Å². The van der Waals surface area contributed by atoms with Crippen molar-refractivity contribution in [1.29, 1.82) is 0 Å². The topological polar surface area (TPSA) is 79.3 Å². The van der Waals surface area contributed by atoms with E-state index >= 15 is 0 Å². The molecular formula is C13H14N2O3S2. The predicted octanol–water partition coefficient (Wildman–Crippen LogP) is 3.09. The fourth-order valence-corrected chi connectivity index (χ4v) is 3.05. The molecule has 0 fully saturated rings. The van der Waals surface area contributed by atoms with Crippen LogP contribution in [-0.2, 0) is 11.2 Å². The average molecular weight is 310 g/mol. The number of anilines is 1. The van der Waals surface area contributed by atoms with Crippen LogP contribution >= 0.6 is 22.7 Å². The summed E-state index contributed by atoms with van der Waals surface area (Å²) in [6, 6.07) is 3.84. The molecule has 2 rings (SSSR count). The van der Waals surface area contributed by atoms with Crippen LogP contribution in [0.4, 0.5) is 5.13 Å². The fraction of sp³-hybridized carbons (Fsp3) is 0.308. The Balaban J connectivity index is 2.24. The van der Waals surface area contributed by atoms with E-state index in [1.165, 1.54) is 0 Å². The van der Waals surface area contributed by atoms with Gasteiger partial charge in [-0.25, -0.2) is 9.78 Å². The zero-order chi connectivity index (χ0) is 14.7. The van der Waals surface area contributed by atoms with Gasteiger partial charge in [0, 0.05) is 17.2 Å². The van der Waals surface area contributed by atoms with Gasteiger partial charge in [0.2, 0.25) is 5.91 Å². The third-order valence-corrected chi connectivity index (χ3v) is 4.45. The van der Waals surface area contributed by atoms with E-state index in [0.29, 0.717) is 17.2 Å². The Kier molecular flexibility index (Phi) is 4.51. The minimum atomic E-state index is -1.01. The molecule has 0 spiro atoms. The van der Waals surface area contributed by atoms with Crippen LogP contribution in [-0.4, -0.2) is 22.0 Å². The van der Waals surface area contributed by atoms with Crippen molar-refractivity contribution in [2.75, 3.05) is 5.32 Å². The van der Waals surface area contributed by atoms with Crippen molar-refractivity contribution in [3.05, 3.63) is 33.0 Å². The number of thiophene rings is 1. The summed E-state index contributed by atoms with van der Waals surface area (Å²) in [5.74, 6) is -1.36. The van der Waals surface area contributed by atoms with Gasteiger partial charge in [-0.15, -0.1) is 11.3 Å². The van der Waals surface area contributed by atoms with E-state index in [0.717, 1.165) is 16.2 Å². The maximum absolute atomic E-state index is 11.6. The highest BCUT2D eigenvalue weighted by Crippen LogP contribution is 2.26. The maximum atomic E-state index is 11.6. The highest BCUT2D eigenvalue weighted by molar-refractivity contribution is 7.17. The molecule has 7 heteroatoms. The van der Waals surface area contributed by atoms with E-state index < -0.39 is 5.97 Å². The molecule has 2 aromatic rings. The van der Waals surface area contributed by atoms with Crippen LogP contribution in [0.5, 0.6) is 0 Å². The van der Waals surface area contributed by atoms with Crippen LogP contribution in [0.15, 0.2) is 17.5 Å². The lowest BCUT2D eigenvalue weighted by molar-refractivity contribution is -0.118. The highest BCUT2D eigenvalue weighted by Gasteiger charge is 2.19. The maximum Gasteiger partial charge on any atom is 0.347 e. The van der Waals surface area contributed by atoms with Gasteiger partial charge in [0.15, 0.2) is 5.13 Å². The first kappa shape index (κ1) is 14.7. The molecule has 0 saturated heterocycles. The normalized spacial score (nSPS) is 10.8. The van der Waals surface area contributed by atoms with Gasteiger partial charge in [-0.3, -0.25) is 4.79 Å². The van der Waals surface area contributed by atoms with Crippen LogP contribution in [0.3, 0.4) is 0 Å². The van der Waals surface area contributed by atoms with E-state index in [4.69, 9.17) is 0 Å². The number of nitrogens with zero attached hydrogens (tertiary/aromatic N) is 1. The largest absolute Gasteiger partial charge is 0.477 e. The van der Waals surface area contributed by atoms with Crippen LogP contribution < -0.4 is 5.32 Å². The average Bonchev–Trinajstić information content (AvgIpc) is 2.99. The standard InChI is InChI=1S/C13H14N2O3S2/c1-7(2)11(16)15-13-14-9(10(20-13)12(17)18)6-8-4-3-5-19-8/h3-5,7H,6H2,1-2H3,(H,17,18)(H,14,15,16). The van der Waals surface area contributed by atoms with Crippen molar-refractivity contribution in [3.8, 4) is 0 Å². The molecule has 0 bridgehead atoms. The van der Waals surface area contributed by atoms with E-state index in [1.807, 2.05) is 17.5 Å². The molecule has 5 nitrogen and oxygen atoms in total. The van der Waals surface area contributed by atoms with Crippen molar-refractivity contribution in [2.24, 2.45) is 5.92 Å². The van der Waals surface area contributed by atoms with Crippen molar-refractivity contribution >= 4 is 39.7 Å². The molecule has 2 aromatic heterocycles. The van der Waals surface area contributed by atoms with Gasteiger partial charge in [-0.05, 0) is 11.4 Å². The molecule has 0 aliphatic heterocycles. The monoisotopic (exact) mass is 310 g/mol. The number of carbonyl (C=O) groups is 2. The van der Waals surface area contributed by atoms with Gasteiger partial charge in [0.05, 0.1) is 5.69 Å². The fourth-order valence-electron chi connectivity index (χ4n) is 1.52. The van der Waals surface area contributed by atoms with E-state index in [-0.39, 0.29) is 16.7 Å². The van der Waals surface area contributed by atoms with E-state index in [9.17, 15) is 14.7 Å². The quantitative estimate of drug-likeness (QED) is 0.889.